The van der Waals surface area contributed by atoms with Gasteiger partial charge in [-0.05, 0) is 49.6 Å². The topological polar surface area (TPSA) is 65.8 Å². The highest BCUT2D eigenvalue weighted by atomic mass is 16.3. The van der Waals surface area contributed by atoms with Crippen molar-refractivity contribution in [2.24, 2.45) is 0 Å². The minimum Gasteiger partial charge on any atom is -0.467 e. The van der Waals surface area contributed by atoms with Gasteiger partial charge in [-0.15, -0.1) is 0 Å². The molecule has 1 atom stereocenters. The summed E-state index contributed by atoms with van der Waals surface area (Å²) in [6, 6.07) is 9.24. The quantitative estimate of drug-likeness (QED) is 0.934. The number of hydrogen-bond acceptors (Lipinski definition) is 3. The van der Waals surface area contributed by atoms with Crippen LogP contribution in [0.5, 0.6) is 0 Å². The van der Waals surface area contributed by atoms with Crippen molar-refractivity contribution in [1.29, 1.82) is 0 Å². The molecular formula is C19H21N3O3. The van der Waals surface area contributed by atoms with E-state index in [1.807, 2.05) is 42.2 Å². The first-order valence-corrected chi connectivity index (χ1v) is 8.65. The van der Waals surface area contributed by atoms with Crippen LogP contribution in [0.1, 0.15) is 40.6 Å². The van der Waals surface area contributed by atoms with Crippen molar-refractivity contribution in [3.8, 4) is 0 Å². The summed E-state index contributed by atoms with van der Waals surface area (Å²) in [5, 5.41) is 2.80. The van der Waals surface area contributed by atoms with Crippen LogP contribution in [0.25, 0.3) is 0 Å². The number of furan rings is 1. The van der Waals surface area contributed by atoms with E-state index in [1.54, 1.807) is 11.2 Å². The van der Waals surface area contributed by atoms with Crippen LogP contribution in [-0.2, 0) is 0 Å². The summed E-state index contributed by atoms with van der Waals surface area (Å²) in [4.78, 5) is 28.6. The lowest BCUT2D eigenvalue weighted by Crippen LogP contribution is -2.31. The van der Waals surface area contributed by atoms with Crippen LogP contribution in [0.3, 0.4) is 0 Å². The van der Waals surface area contributed by atoms with E-state index in [1.165, 1.54) is 0 Å². The van der Waals surface area contributed by atoms with E-state index in [0.717, 1.165) is 36.4 Å². The number of urea groups is 1. The molecule has 3 amide bonds. The van der Waals surface area contributed by atoms with Crippen molar-refractivity contribution < 1.29 is 14.0 Å². The molecule has 1 aromatic heterocycles. The molecule has 1 N–H and O–H groups in total. The summed E-state index contributed by atoms with van der Waals surface area (Å²) in [5.41, 5.74) is 2.39. The van der Waals surface area contributed by atoms with E-state index >= 15 is 0 Å². The molecule has 2 aromatic rings. The van der Waals surface area contributed by atoms with Gasteiger partial charge in [-0.25, -0.2) is 4.79 Å². The lowest BCUT2D eigenvalue weighted by Gasteiger charge is -2.24. The maximum Gasteiger partial charge on any atom is 0.322 e. The Morgan fingerprint density at radius 1 is 1.28 bits per heavy atom. The highest BCUT2D eigenvalue weighted by molar-refractivity contribution is 5.99. The molecule has 0 radical (unpaired) electrons. The Bertz CT molecular complexity index is 800. The molecule has 2 fully saturated rings. The fourth-order valence-corrected chi connectivity index (χ4v) is 3.69. The number of hydrogen-bond donors (Lipinski definition) is 1. The predicted molar refractivity (Wildman–Crippen MR) is 93.6 cm³/mol. The van der Waals surface area contributed by atoms with Gasteiger partial charge in [0.05, 0.1) is 12.3 Å². The first kappa shape index (κ1) is 15.7. The summed E-state index contributed by atoms with van der Waals surface area (Å²) in [5.74, 6) is 0.817. The van der Waals surface area contributed by atoms with Gasteiger partial charge < -0.3 is 14.6 Å². The molecule has 2 aliphatic rings. The number of carbonyl (C=O) groups is 2. The number of nitrogens with zero attached hydrogens (tertiary/aromatic N) is 2. The number of likely N-dealkylation sites (tertiary alicyclic amines) is 1. The van der Waals surface area contributed by atoms with Crippen LogP contribution in [0, 0.1) is 6.92 Å². The second-order valence-electron chi connectivity index (χ2n) is 6.56. The Hall–Kier alpha value is -2.76. The number of anilines is 1. The standard InChI is InChI=1S/C19H21N3O3/c1-13-6-7-14(12-16(13)22-10-8-20-19(22)24)18(23)21-9-2-4-15(21)17-5-3-11-25-17/h3,5-7,11-12,15H,2,4,8-10H2,1H3,(H,20,24). The number of aryl methyl sites for hydroxylation is 1. The van der Waals surface area contributed by atoms with Gasteiger partial charge >= 0.3 is 6.03 Å². The van der Waals surface area contributed by atoms with Gasteiger partial charge in [0.25, 0.3) is 5.91 Å². The van der Waals surface area contributed by atoms with E-state index in [9.17, 15) is 9.59 Å². The molecule has 1 aromatic carbocycles. The fourth-order valence-electron chi connectivity index (χ4n) is 3.69. The monoisotopic (exact) mass is 339 g/mol. The van der Waals surface area contributed by atoms with E-state index in [0.29, 0.717) is 18.7 Å². The number of rotatable bonds is 3. The molecule has 4 rings (SSSR count). The SMILES string of the molecule is Cc1ccc(C(=O)N2CCCC2c2ccco2)cc1N1CCNC1=O. The van der Waals surface area contributed by atoms with Crippen molar-refractivity contribution in [2.45, 2.75) is 25.8 Å². The largest absolute Gasteiger partial charge is 0.467 e. The molecule has 2 saturated heterocycles. The molecule has 0 spiro atoms. The van der Waals surface area contributed by atoms with Crippen LogP contribution < -0.4 is 10.2 Å². The van der Waals surface area contributed by atoms with Crippen LogP contribution in [-0.4, -0.2) is 36.5 Å². The highest BCUT2D eigenvalue weighted by Crippen LogP contribution is 2.34. The molecule has 2 aliphatic heterocycles. The summed E-state index contributed by atoms with van der Waals surface area (Å²) >= 11 is 0. The minimum atomic E-state index is -0.109. The third kappa shape index (κ3) is 2.77. The van der Waals surface area contributed by atoms with Gasteiger partial charge in [0.15, 0.2) is 0 Å². The molecule has 25 heavy (non-hydrogen) atoms. The Morgan fingerprint density at radius 2 is 2.16 bits per heavy atom. The normalized spacial score (nSPS) is 20.2. The van der Waals surface area contributed by atoms with Crippen molar-refractivity contribution in [2.75, 3.05) is 24.5 Å². The van der Waals surface area contributed by atoms with E-state index < -0.39 is 0 Å². The average molecular weight is 339 g/mol. The summed E-state index contributed by atoms with van der Waals surface area (Å²) in [6.07, 6.45) is 3.52. The maximum atomic E-state index is 13.1. The van der Waals surface area contributed by atoms with Crippen molar-refractivity contribution in [3.05, 3.63) is 53.5 Å². The van der Waals surface area contributed by atoms with E-state index in [-0.39, 0.29) is 18.0 Å². The smallest absolute Gasteiger partial charge is 0.322 e. The predicted octanol–water partition coefficient (Wildman–Crippen LogP) is 3.09. The van der Waals surface area contributed by atoms with Crippen LogP contribution in [0.2, 0.25) is 0 Å². The van der Waals surface area contributed by atoms with Gasteiger partial charge in [0, 0.05) is 30.9 Å². The Kier molecular flexibility index (Phi) is 3.95. The molecule has 0 saturated carbocycles. The van der Waals surface area contributed by atoms with Gasteiger partial charge in [0.1, 0.15) is 5.76 Å². The zero-order chi connectivity index (χ0) is 17.4. The molecule has 0 aliphatic carbocycles. The Morgan fingerprint density at radius 3 is 2.88 bits per heavy atom. The van der Waals surface area contributed by atoms with E-state index in [4.69, 9.17) is 4.42 Å². The number of benzene rings is 1. The lowest BCUT2D eigenvalue weighted by atomic mass is 10.1. The van der Waals surface area contributed by atoms with E-state index in [2.05, 4.69) is 5.32 Å². The second-order valence-corrected chi connectivity index (χ2v) is 6.56. The zero-order valence-corrected chi connectivity index (χ0v) is 14.2. The Labute approximate surface area is 146 Å². The molecule has 1 unspecified atom stereocenters. The van der Waals surface area contributed by atoms with Crippen LogP contribution >= 0.6 is 0 Å². The Balaban J connectivity index is 1.63. The average Bonchev–Trinajstić information content (AvgIpc) is 3.35. The van der Waals surface area contributed by atoms with Crippen LogP contribution in [0.4, 0.5) is 10.5 Å². The molecule has 6 nitrogen and oxygen atoms in total. The number of nitrogens with one attached hydrogen (secondary N) is 1. The van der Waals surface area contributed by atoms with Gasteiger partial charge in [-0.3, -0.25) is 9.69 Å². The van der Waals surface area contributed by atoms with Crippen LogP contribution in [0.15, 0.2) is 41.0 Å². The lowest BCUT2D eigenvalue weighted by molar-refractivity contribution is 0.0720. The summed E-state index contributed by atoms with van der Waals surface area (Å²) in [6.45, 7) is 3.92. The van der Waals surface area contributed by atoms with Gasteiger partial charge in [0.2, 0.25) is 0 Å². The number of carbonyl (C=O) groups excluding carboxylic acids is 2. The fraction of sp³-hybridized carbons (Fsp3) is 0.368. The highest BCUT2D eigenvalue weighted by Gasteiger charge is 2.33. The second kappa shape index (κ2) is 6.27. The maximum absolute atomic E-state index is 13.1. The van der Waals surface area contributed by atoms with Gasteiger partial charge in [-0.1, -0.05) is 6.07 Å². The first-order valence-electron chi connectivity index (χ1n) is 8.65. The van der Waals surface area contributed by atoms with Crippen molar-refractivity contribution in [1.82, 2.24) is 10.2 Å². The molecule has 0 bridgehead atoms. The molecule has 6 heteroatoms. The van der Waals surface area contributed by atoms with Crippen molar-refractivity contribution >= 4 is 17.6 Å². The van der Waals surface area contributed by atoms with Gasteiger partial charge in [-0.2, -0.15) is 0 Å². The third-order valence-electron chi connectivity index (χ3n) is 4.99. The molecular weight excluding hydrogens is 318 g/mol. The summed E-state index contributed by atoms with van der Waals surface area (Å²) in [7, 11) is 0. The summed E-state index contributed by atoms with van der Waals surface area (Å²) < 4.78 is 5.52. The van der Waals surface area contributed by atoms with Crippen molar-refractivity contribution in [3.63, 3.8) is 0 Å². The zero-order valence-electron chi connectivity index (χ0n) is 14.2. The minimum absolute atomic E-state index is 0.0117. The first-order chi connectivity index (χ1) is 12.1. The number of amides is 3. The molecule has 130 valence electrons. The third-order valence-corrected chi connectivity index (χ3v) is 4.99. The molecule has 3 heterocycles.